The molecule has 0 fully saturated rings. The zero-order valence-corrected chi connectivity index (χ0v) is 14.5. The molecule has 0 N–H and O–H groups in total. The molecule has 7 heteroatoms. The third kappa shape index (κ3) is 4.79. The SMILES string of the molecule is COC(=O)CSc1ccc(OCc2cc(C)c(C(=O)OC)o2)cc1. The van der Waals surface area contributed by atoms with Crippen LogP contribution in [0.15, 0.2) is 39.6 Å². The van der Waals surface area contributed by atoms with E-state index in [-0.39, 0.29) is 24.1 Å². The molecule has 0 aliphatic rings. The Bertz CT molecular complexity index is 704. The maximum Gasteiger partial charge on any atom is 0.374 e. The van der Waals surface area contributed by atoms with E-state index in [4.69, 9.17) is 9.15 Å². The minimum absolute atomic E-state index is 0.186. The van der Waals surface area contributed by atoms with Gasteiger partial charge in [-0.2, -0.15) is 0 Å². The van der Waals surface area contributed by atoms with Crippen molar-refractivity contribution in [3.05, 3.63) is 47.4 Å². The van der Waals surface area contributed by atoms with Gasteiger partial charge in [0, 0.05) is 10.5 Å². The number of carbonyl (C=O) groups is 2. The van der Waals surface area contributed by atoms with E-state index < -0.39 is 5.97 Å². The molecule has 2 aromatic rings. The average Bonchev–Trinajstić information content (AvgIpc) is 2.98. The fraction of sp³-hybridized carbons (Fsp3) is 0.294. The molecule has 1 aromatic heterocycles. The molecular weight excluding hydrogens is 332 g/mol. The van der Waals surface area contributed by atoms with Gasteiger partial charge in [0.25, 0.3) is 0 Å². The Morgan fingerprint density at radius 3 is 2.46 bits per heavy atom. The molecule has 6 nitrogen and oxygen atoms in total. The first-order chi connectivity index (χ1) is 11.5. The molecular formula is C17H18O6S. The van der Waals surface area contributed by atoms with Gasteiger partial charge >= 0.3 is 11.9 Å². The molecule has 0 saturated carbocycles. The highest BCUT2D eigenvalue weighted by atomic mass is 32.2. The lowest BCUT2D eigenvalue weighted by atomic mass is 10.2. The highest BCUT2D eigenvalue weighted by Crippen LogP contribution is 2.23. The minimum Gasteiger partial charge on any atom is -0.486 e. The van der Waals surface area contributed by atoms with Gasteiger partial charge in [0.15, 0.2) is 0 Å². The number of furan rings is 1. The Kier molecular flexibility index (Phi) is 6.31. The van der Waals surface area contributed by atoms with E-state index in [1.54, 1.807) is 25.1 Å². The summed E-state index contributed by atoms with van der Waals surface area (Å²) in [6, 6.07) is 9.06. The van der Waals surface area contributed by atoms with Gasteiger partial charge in [-0.15, -0.1) is 11.8 Å². The predicted octanol–water partition coefficient (Wildman–Crippen LogP) is 3.22. The van der Waals surface area contributed by atoms with Crippen molar-refractivity contribution in [1.82, 2.24) is 0 Å². The fourth-order valence-corrected chi connectivity index (χ4v) is 2.63. The second-order valence-corrected chi connectivity index (χ2v) is 5.89. The summed E-state index contributed by atoms with van der Waals surface area (Å²) in [5.41, 5.74) is 0.704. The second kappa shape index (κ2) is 8.44. The van der Waals surface area contributed by atoms with Crippen molar-refractivity contribution < 1.29 is 28.2 Å². The minimum atomic E-state index is -0.509. The van der Waals surface area contributed by atoms with Crippen LogP contribution in [0.1, 0.15) is 21.9 Å². The monoisotopic (exact) mass is 350 g/mol. The maximum absolute atomic E-state index is 11.5. The number of hydrogen-bond donors (Lipinski definition) is 0. The van der Waals surface area contributed by atoms with Crippen LogP contribution in [0, 0.1) is 6.92 Å². The van der Waals surface area contributed by atoms with Crippen LogP contribution in [0.5, 0.6) is 5.75 Å². The summed E-state index contributed by atoms with van der Waals surface area (Å²) in [5.74, 6) is 0.869. The van der Waals surface area contributed by atoms with Crippen LogP contribution in [0.25, 0.3) is 0 Å². The van der Waals surface area contributed by atoms with Gasteiger partial charge in [0.05, 0.1) is 20.0 Å². The molecule has 0 unspecified atom stereocenters. The van der Waals surface area contributed by atoms with Gasteiger partial charge in [-0.3, -0.25) is 4.79 Å². The highest BCUT2D eigenvalue weighted by Gasteiger charge is 2.16. The van der Waals surface area contributed by atoms with E-state index in [0.717, 1.165) is 4.90 Å². The zero-order valence-electron chi connectivity index (χ0n) is 13.7. The number of methoxy groups -OCH3 is 2. The summed E-state index contributed by atoms with van der Waals surface area (Å²) in [5, 5.41) is 0. The van der Waals surface area contributed by atoms with Crippen molar-refractivity contribution in [3.8, 4) is 5.75 Å². The maximum atomic E-state index is 11.5. The Morgan fingerprint density at radius 2 is 1.83 bits per heavy atom. The standard InChI is InChI=1S/C17H18O6S/c1-11-8-13(23-16(11)17(19)21-3)9-22-12-4-6-14(7-5-12)24-10-15(18)20-2/h4-8H,9-10H2,1-3H3. The second-order valence-electron chi connectivity index (χ2n) is 4.84. The molecule has 1 aromatic carbocycles. The lowest BCUT2D eigenvalue weighted by molar-refractivity contribution is -0.137. The number of thioether (sulfide) groups is 1. The van der Waals surface area contributed by atoms with E-state index >= 15 is 0 Å². The Balaban J connectivity index is 1.90. The number of carbonyl (C=O) groups excluding carboxylic acids is 2. The molecule has 0 saturated heterocycles. The molecule has 0 radical (unpaired) electrons. The van der Waals surface area contributed by atoms with Crippen molar-refractivity contribution in [2.45, 2.75) is 18.4 Å². The summed E-state index contributed by atoms with van der Waals surface area (Å²) >= 11 is 1.39. The van der Waals surface area contributed by atoms with Gasteiger partial charge in [-0.25, -0.2) is 4.79 Å². The van der Waals surface area contributed by atoms with E-state index in [0.29, 0.717) is 17.1 Å². The largest absolute Gasteiger partial charge is 0.486 e. The smallest absolute Gasteiger partial charge is 0.374 e. The fourth-order valence-electron chi connectivity index (χ4n) is 1.90. The van der Waals surface area contributed by atoms with Gasteiger partial charge in [-0.05, 0) is 37.3 Å². The number of rotatable bonds is 7. The summed E-state index contributed by atoms with van der Waals surface area (Å²) in [7, 11) is 2.67. The Hall–Kier alpha value is -2.41. The first-order valence-corrected chi connectivity index (χ1v) is 8.12. The molecule has 128 valence electrons. The highest BCUT2D eigenvalue weighted by molar-refractivity contribution is 8.00. The van der Waals surface area contributed by atoms with Gasteiger partial charge in [0.2, 0.25) is 5.76 Å². The average molecular weight is 350 g/mol. The van der Waals surface area contributed by atoms with E-state index in [1.165, 1.54) is 26.0 Å². The van der Waals surface area contributed by atoms with Crippen molar-refractivity contribution in [2.24, 2.45) is 0 Å². The third-order valence-corrected chi connectivity index (χ3v) is 4.11. The van der Waals surface area contributed by atoms with E-state index in [9.17, 15) is 9.59 Å². The topological polar surface area (TPSA) is 75.0 Å². The normalized spacial score (nSPS) is 10.3. The van der Waals surface area contributed by atoms with Crippen LogP contribution in [-0.2, 0) is 20.9 Å². The first kappa shape index (κ1) is 17.9. The number of ether oxygens (including phenoxy) is 3. The summed E-state index contributed by atoms with van der Waals surface area (Å²) in [6.07, 6.45) is 0. The molecule has 24 heavy (non-hydrogen) atoms. The van der Waals surface area contributed by atoms with Crippen LogP contribution in [-0.4, -0.2) is 31.9 Å². The number of hydrogen-bond acceptors (Lipinski definition) is 7. The Morgan fingerprint density at radius 1 is 1.12 bits per heavy atom. The predicted molar refractivity (Wildman–Crippen MR) is 88.3 cm³/mol. The van der Waals surface area contributed by atoms with E-state index in [2.05, 4.69) is 9.47 Å². The van der Waals surface area contributed by atoms with Crippen molar-refractivity contribution in [2.75, 3.05) is 20.0 Å². The quantitative estimate of drug-likeness (QED) is 0.560. The third-order valence-electron chi connectivity index (χ3n) is 3.13. The van der Waals surface area contributed by atoms with Crippen LogP contribution in [0.2, 0.25) is 0 Å². The van der Waals surface area contributed by atoms with Crippen LogP contribution in [0.3, 0.4) is 0 Å². The molecule has 0 amide bonds. The summed E-state index contributed by atoms with van der Waals surface area (Å²) < 4.78 is 20.3. The molecule has 0 spiro atoms. The van der Waals surface area contributed by atoms with Gasteiger partial charge in [0.1, 0.15) is 18.1 Å². The molecule has 2 rings (SSSR count). The molecule has 0 bridgehead atoms. The van der Waals surface area contributed by atoms with Crippen molar-refractivity contribution >= 4 is 23.7 Å². The zero-order chi connectivity index (χ0) is 17.5. The van der Waals surface area contributed by atoms with Crippen molar-refractivity contribution in [1.29, 1.82) is 0 Å². The lowest BCUT2D eigenvalue weighted by Gasteiger charge is -2.05. The van der Waals surface area contributed by atoms with Crippen LogP contribution >= 0.6 is 11.8 Å². The molecule has 1 heterocycles. The molecule has 0 aliphatic heterocycles. The first-order valence-electron chi connectivity index (χ1n) is 7.13. The summed E-state index contributed by atoms with van der Waals surface area (Å²) in [6.45, 7) is 1.97. The van der Waals surface area contributed by atoms with Gasteiger partial charge < -0.3 is 18.6 Å². The van der Waals surface area contributed by atoms with Crippen LogP contribution < -0.4 is 4.74 Å². The number of aryl methyl sites for hydroxylation is 1. The molecule has 0 atom stereocenters. The van der Waals surface area contributed by atoms with Crippen LogP contribution in [0.4, 0.5) is 0 Å². The van der Waals surface area contributed by atoms with Gasteiger partial charge in [-0.1, -0.05) is 0 Å². The lowest BCUT2D eigenvalue weighted by Crippen LogP contribution is -2.02. The van der Waals surface area contributed by atoms with E-state index in [1.807, 2.05) is 12.1 Å². The Labute approximate surface area is 144 Å². The summed E-state index contributed by atoms with van der Waals surface area (Å²) in [4.78, 5) is 23.5. The number of esters is 2. The van der Waals surface area contributed by atoms with Crippen molar-refractivity contribution in [3.63, 3.8) is 0 Å². The molecule has 0 aliphatic carbocycles. The number of benzene rings is 1.